The summed E-state index contributed by atoms with van der Waals surface area (Å²) in [5.74, 6) is -1.88. The van der Waals surface area contributed by atoms with Crippen molar-refractivity contribution < 1.29 is 37.0 Å². The Morgan fingerprint density at radius 2 is 1.76 bits per heavy atom. The van der Waals surface area contributed by atoms with E-state index in [0.717, 1.165) is 12.1 Å². The molecule has 6 nitrogen and oxygen atoms in total. The summed E-state index contributed by atoms with van der Waals surface area (Å²) in [5, 5.41) is 1.68. The van der Waals surface area contributed by atoms with E-state index in [1.165, 1.54) is 25.1 Å². The number of halogens is 4. The largest absolute Gasteiger partial charge is 0.482 e. The van der Waals surface area contributed by atoms with Gasteiger partial charge in [-0.1, -0.05) is 29.8 Å². The van der Waals surface area contributed by atoms with Crippen LogP contribution in [-0.2, 0) is 20.5 Å². The molecule has 0 fully saturated rings. The highest BCUT2D eigenvalue weighted by Crippen LogP contribution is 2.38. The fourth-order valence-electron chi connectivity index (χ4n) is 2.20. The van der Waals surface area contributed by atoms with Crippen molar-refractivity contribution in [1.82, 2.24) is 0 Å². The van der Waals surface area contributed by atoms with Crippen LogP contribution in [0.2, 0.25) is 5.02 Å². The predicted octanol–water partition coefficient (Wildman–Crippen LogP) is 4.12. The molecule has 1 amide bonds. The number of rotatable bonds is 7. The minimum absolute atomic E-state index is 0.188. The summed E-state index contributed by atoms with van der Waals surface area (Å²) in [5.41, 5.74) is -1.37. The van der Waals surface area contributed by atoms with Crippen molar-refractivity contribution in [3.05, 3.63) is 58.6 Å². The van der Waals surface area contributed by atoms with Crippen molar-refractivity contribution in [2.75, 3.05) is 18.5 Å². The second kappa shape index (κ2) is 9.42. The Kier molecular flexibility index (Phi) is 7.22. The summed E-state index contributed by atoms with van der Waals surface area (Å²) in [6, 6.07) is 9.12. The van der Waals surface area contributed by atoms with Crippen molar-refractivity contribution in [3.8, 4) is 5.75 Å². The predicted molar refractivity (Wildman–Crippen MR) is 98.0 cm³/mol. The average molecular weight is 430 g/mol. The van der Waals surface area contributed by atoms with Crippen LogP contribution in [-0.4, -0.2) is 30.9 Å². The Balaban J connectivity index is 1.89. The number of esters is 1. The maximum Gasteiger partial charge on any atom is 0.418 e. The summed E-state index contributed by atoms with van der Waals surface area (Å²) in [6.45, 7) is -0.0259. The Bertz CT molecular complexity index is 930. The third-order valence-corrected chi connectivity index (χ3v) is 3.86. The molecule has 0 saturated heterocycles. The molecule has 0 aliphatic rings. The van der Waals surface area contributed by atoms with Crippen molar-refractivity contribution in [3.63, 3.8) is 0 Å². The number of ether oxygens (including phenoxy) is 2. The number of ketones is 1. The fraction of sp³-hybridized carbons (Fsp3) is 0.211. The van der Waals surface area contributed by atoms with Crippen LogP contribution in [0.5, 0.6) is 5.75 Å². The molecule has 0 aliphatic heterocycles. The number of benzene rings is 2. The second-order valence-corrected chi connectivity index (χ2v) is 6.15. The van der Waals surface area contributed by atoms with Gasteiger partial charge in [-0.2, -0.15) is 13.2 Å². The van der Waals surface area contributed by atoms with Gasteiger partial charge in [-0.15, -0.1) is 0 Å². The number of amides is 1. The van der Waals surface area contributed by atoms with E-state index in [-0.39, 0.29) is 16.6 Å². The number of para-hydroxylation sites is 1. The van der Waals surface area contributed by atoms with Gasteiger partial charge < -0.3 is 14.8 Å². The molecule has 0 heterocycles. The zero-order valence-electron chi connectivity index (χ0n) is 15.0. The molecule has 10 heteroatoms. The topological polar surface area (TPSA) is 81.7 Å². The lowest BCUT2D eigenvalue weighted by atomic mass is 10.1. The SMILES string of the molecule is CC(=O)c1cccc(OCC(=O)OCC(=O)Nc2c(Cl)cccc2C(F)(F)F)c1. The Hall–Kier alpha value is -3.07. The van der Waals surface area contributed by atoms with E-state index in [1.807, 2.05) is 5.32 Å². The van der Waals surface area contributed by atoms with E-state index >= 15 is 0 Å². The minimum atomic E-state index is -4.73. The minimum Gasteiger partial charge on any atom is -0.482 e. The zero-order valence-corrected chi connectivity index (χ0v) is 15.8. The molecule has 0 aliphatic carbocycles. The molecule has 2 rings (SSSR count). The van der Waals surface area contributed by atoms with Gasteiger partial charge in [0.05, 0.1) is 16.3 Å². The van der Waals surface area contributed by atoms with Gasteiger partial charge in [-0.3, -0.25) is 9.59 Å². The maximum absolute atomic E-state index is 13.0. The monoisotopic (exact) mass is 429 g/mol. The molecular weight excluding hydrogens is 415 g/mol. The number of carbonyl (C=O) groups is 3. The van der Waals surface area contributed by atoms with Gasteiger partial charge in [-0.05, 0) is 31.2 Å². The summed E-state index contributed by atoms with van der Waals surface area (Å²) in [6.07, 6.45) is -4.73. The van der Waals surface area contributed by atoms with Gasteiger partial charge in [0.2, 0.25) is 0 Å². The number of alkyl halides is 3. The van der Waals surface area contributed by atoms with E-state index in [2.05, 4.69) is 4.74 Å². The molecule has 0 aromatic heterocycles. The maximum atomic E-state index is 13.0. The Labute approximate surface area is 168 Å². The molecule has 29 heavy (non-hydrogen) atoms. The average Bonchev–Trinajstić information content (AvgIpc) is 2.65. The lowest BCUT2D eigenvalue weighted by Crippen LogP contribution is -2.25. The number of nitrogens with one attached hydrogen (secondary N) is 1. The highest BCUT2D eigenvalue weighted by atomic mass is 35.5. The van der Waals surface area contributed by atoms with E-state index in [1.54, 1.807) is 12.1 Å². The second-order valence-electron chi connectivity index (χ2n) is 5.74. The van der Waals surface area contributed by atoms with Gasteiger partial charge in [0, 0.05) is 5.56 Å². The highest BCUT2D eigenvalue weighted by molar-refractivity contribution is 6.34. The molecule has 0 radical (unpaired) electrons. The van der Waals surface area contributed by atoms with Gasteiger partial charge >= 0.3 is 12.1 Å². The standard InChI is InChI=1S/C19H15ClF3NO5/c1-11(25)12-4-2-5-13(8-12)28-10-17(27)29-9-16(26)24-18-14(19(21,22)23)6-3-7-15(18)20/h2-8H,9-10H2,1H3,(H,24,26). The van der Waals surface area contributed by atoms with Gasteiger partial charge in [0.25, 0.3) is 5.91 Å². The van der Waals surface area contributed by atoms with E-state index < -0.39 is 42.5 Å². The third-order valence-electron chi connectivity index (χ3n) is 3.54. The van der Waals surface area contributed by atoms with Crippen LogP contribution in [0.15, 0.2) is 42.5 Å². The molecule has 2 aromatic rings. The van der Waals surface area contributed by atoms with E-state index in [9.17, 15) is 27.6 Å². The number of anilines is 1. The fourth-order valence-corrected chi connectivity index (χ4v) is 2.42. The van der Waals surface area contributed by atoms with Gasteiger partial charge in [0.15, 0.2) is 19.0 Å². The molecule has 0 bridgehead atoms. The smallest absolute Gasteiger partial charge is 0.418 e. The summed E-state index contributed by atoms with van der Waals surface area (Å²) < 4.78 is 48.8. The van der Waals surface area contributed by atoms with Crippen LogP contribution < -0.4 is 10.1 Å². The van der Waals surface area contributed by atoms with E-state index in [0.29, 0.717) is 5.56 Å². The van der Waals surface area contributed by atoms with Gasteiger partial charge in [0.1, 0.15) is 5.75 Å². The van der Waals surface area contributed by atoms with Crippen LogP contribution in [0.3, 0.4) is 0 Å². The number of hydrogen-bond acceptors (Lipinski definition) is 5. The van der Waals surface area contributed by atoms with Crippen LogP contribution in [0.1, 0.15) is 22.8 Å². The zero-order chi connectivity index (χ0) is 21.6. The molecule has 0 saturated carbocycles. The van der Waals surface area contributed by atoms with Crippen LogP contribution >= 0.6 is 11.6 Å². The van der Waals surface area contributed by atoms with Crippen LogP contribution in [0.4, 0.5) is 18.9 Å². The number of Topliss-reactive ketones (excluding diaryl/α,β-unsaturated/α-hetero) is 1. The Morgan fingerprint density at radius 3 is 2.41 bits per heavy atom. The van der Waals surface area contributed by atoms with Crippen LogP contribution in [0.25, 0.3) is 0 Å². The quantitative estimate of drug-likeness (QED) is 0.529. The number of carbonyl (C=O) groups excluding carboxylic acids is 3. The first-order valence-corrected chi connectivity index (χ1v) is 8.50. The summed E-state index contributed by atoms with van der Waals surface area (Å²) in [4.78, 5) is 34.8. The highest BCUT2D eigenvalue weighted by Gasteiger charge is 2.34. The van der Waals surface area contributed by atoms with Crippen molar-refractivity contribution >= 4 is 34.9 Å². The lowest BCUT2D eigenvalue weighted by molar-refractivity contribution is -0.149. The molecular formula is C19H15ClF3NO5. The lowest BCUT2D eigenvalue weighted by Gasteiger charge is -2.15. The molecule has 2 aromatic carbocycles. The first-order valence-electron chi connectivity index (χ1n) is 8.13. The van der Waals surface area contributed by atoms with Gasteiger partial charge in [-0.25, -0.2) is 4.79 Å². The normalized spacial score (nSPS) is 10.9. The molecule has 1 N–H and O–H groups in total. The molecule has 0 unspecified atom stereocenters. The number of hydrogen-bond donors (Lipinski definition) is 1. The van der Waals surface area contributed by atoms with Crippen LogP contribution in [0, 0.1) is 0 Å². The molecule has 0 atom stereocenters. The van der Waals surface area contributed by atoms with Crippen molar-refractivity contribution in [2.45, 2.75) is 13.1 Å². The van der Waals surface area contributed by atoms with E-state index in [4.69, 9.17) is 16.3 Å². The first-order chi connectivity index (χ1) is 13.6. The van der Waals surface area contributed by atoms with Crippen molar-refractivity contribution in [2.24, 2.45) is 0 Å². The molecule has 0 spiro atoms. The first kappa shape index (κ1) is 22.2. The Morgan fingerprint density at radius 1 is 1.07 bits per heavy atom. The summed E-state index contributed by atoms with van der Waals surface area (Å²) >= 11 is 5.73. The summed E-state index contributed by atoms with van der Waals surface area (Å²) in [7, 11) is 0. The molecule has 154 valence electrons. The third kappa shape index (κ3) is 6.49. The van der Waals surface area contributed by atoms with Crippen molar-refractivity contribution in [1.29, 1.82) is 0 Å².